The Kier molecular flexibility index (Phi) is 4.16. The van der Waals surface area contributed by atoms with Gasteiger partial charge in [0.1, 0.15) is 6.04 Å². The smallest absolute Gasteiger partial charge is 0.329 e. The van der Waals surface area contributed by atoms with Gasteiger partial charge in [0, 0.05) is 11.4 Å². The Balaban J connectivity index is 3.08. The lowest BCUT2D eigenvalue weighted by Crippen LogP contribution is -2.28. The second-order valence-electron chi connectivity index (χ2n) is 4.43. The summed E-state index contributed by atoms with van der Waals surface area (Å²) < 4.78 is 7.20. The molecule has 0 saturated heterocycles. The normalized spacial score (nSPS) is 12.9. The number of rotatable bonds is 4. The summed E-state index contributed by atoms with van der Waals surface area (Å²) in [4.78, 5) is 11.9. The second kappa shape index (κ2) is 5.19. The summed E-state index contributed by atoms with van der Waals surface area (Å²) in [6.07, 6.45) is 0. The molecule has 1 aromatic heterocycles. The fourth-order valence-corrected chi connectivity index (χ4v) is 2.02. The molecule has 0 amide bonds. The molecule has 0 aliphatic rings. The van der Waals surface area contributed by atoms with Gasteiger partial charge in [-0.2, -0.15) is 0 Å². The van der Waals surface area contributed by atoms with E-state index < -0.39 is 0 Å². The summed E-state index contributed by atoms with van der Waals surface area (Å²) in [5.41, 5.74) is 2.20. The van der Waals surface area contributed by atoms with Gasteiger partial charge in [-0.3, -0.25) is 0 Å². The first-order chi connectivity index (χ1) is 7.49. The molecule has 3 heteroatoms. The second-order valence-corrected chi connectivity index (χ2v) is 4.43. The third-order valence-corrected chi connectivity index (χ3v) is 2.76. The third kappa shape index (κ3) is 2.46. The Bertz CT molecular complexity index is 347. The van der Waals surface area contributed by atoms with Crippen LogP contribution < -0.4 is 0 Å². The monoisotopic (exact) mass is 223 g/mol. The molecule has 0 N–H and O–H groups in total. The number of hydrogen-bond acceptors (Lipinski definition) is 2. The van der Waals surface area contributed by atoms with Crippen molar-refractivity contribution in [3.05, 3.63) is 23.5 Å². The summed E-state index contributed by atoms with van der Waals surface area (Å²) in [5.74, 6) is 0.0868. The summed E-state index contributed by atoms with van der Waals surface area (Å²) >= 11 is 0. The fraction of sp³-hybridized carbons (Fsp3) is 0.615. The van der Waals surface area contributed by atoms with Gasteiger partial charge in [0.2, 0.25) is 0 Å². The highest BCUT2D eigenvalue weighted by molar-refractivity contribution is 5.74. The first-order valence-corrected chi connectivity index (χ1v) is 5.80. The van der Waals surface area contributed by atoms with Crippen LogP contribution >= 0.6 is 0 Å². The quantitative estimate of drug-likeness (QED) is 0.735. The number of aromatic nitrogens is 1. The zero-order valence-electron chi connectivity index (χ0n) is 10.8. The number of nitrogens with zero attached hydrogens (tertiary/aromatic N) is 1. The molecule has 1 rings (SSSR count). The Hall–Kier alpha value is -1.25. The number of aryl methyl sites for hydroxylation is 2. The minimum absolute atomic E-state index is 0.139. The average molecular weight is 223 g/mol. The maximum absolute atomic E-state index is 11.9. The van der Waals surface area contributed by atoms with E-state index in [1.54, 1.807) is 0 Å². The Morgan fingerprint density at radius 2 is 1.81 bits per heavy atom. The largest absolute Gasteiger partial charge is 0.464 e. The predicted octanol–water partition coefficient (Wildman–Crippen LogP) is 2.87. The molecular formula is C13H21NO2. The minimum Gasteiger partial charge on any atom is -0.464 e. The van der Waals surface area contributed by atoms with Crippen molar-refractivity contribution >= 4 is 5.97 Å². The van der Waals surface area contributed by atoms with Crippen LogP contribution in [-0.2, 0) is 9.53 Å². The van der Waals surface area contributed by atoms with Gasteiger partial charge in [-0.25, -0.2) is 4.79 Å². The van der Waals surface area contributed by atoms with E-state index in [0.29, 0.717) is 6.61 Å². The molecule has 0 fully saturated rings. The van der Waals surface area contributed by atoms with Crippen LogP contribution in [0.1, 0.15) is 38.2 Å². The molecule has 1 atom stereocenters. The Morgan fingerprint density at radius 1 is 1.31 bits per heavy atom. The average Bonchev–Trinajstić information content (AvgIpc) is 2.50. The summed E-state index contributed by atoms with van der Waals surface area (Å²) in [7, 11) is 0. The molecule has 0 aliphatic carbocycles. The minimum atomic E-state index is -0.213. The molecule has 0 radical (unpaired) electrons. The summed E-state index contributed by atoms with van der Waals surface area (Å²) in [6.45, 7) is 10.4. The van der Waals surface area contributed by atoms with Crippen molar-refractivity contribution in [2.45, 2.75) is 40.7 Å². The van der Waals surface area contributed by atoms with E-state index in [2.05, 4.69) is 4.57 Å². The van der Waals surface area contributed by atoms with E-state index in [9.17, 15) is 4.79 Å². The number of hydrogen-bond donors (Lipinski definition) is 0. The third-order valence-electron chi connectivity index (χ3n) is 2.76. The van der Waals surface area contributed by atoms with Gasteiger partial charge in [0.15, 0.2) is 0 Å². The predicted molar refractivity (Wildman–Crippen MR) is 64.4 cm³/mol. The molecule has 3 nitrogen and oxygen atoms in total. The Morgan fingerprint density at radius 3 is 2.19 bits per heavy atom. The molecule has 16 heavy (non-hydrogen) atoms. The summed E-state index contributed by atoms with van der Waals surface area (Å²) in [6, 6.07) is 3.85. The molecule has 1 heterocycles. The number of ether oxygens (including phenoxy) is 1. The van der Waals surface area contributed by atoms with Crippen molar-refractivity contribution in [3.8, 4) is 0 Å². The van der Waals surface area contributed by atoms with Crippen LogP contribution in [0.4, 0.5) is 0 Å². The van der Waals surface area contributed by atoms with E-state index >= 15 is 0 Å². The first-order valence-electron chi connectivity index (χ1n) is 5.80. The van der Waals surface area contributed by atoms with Gasteiger partial charge in [0.05, 0.1) is 6.61 Å². The zero-order valence-corrected chi connectivity index (χ0v) is 10.8. The van der Waals surface area contributed by atoms with E-state index in [1.165, 1.54) is 0 Å². The van der Waals surface area contributed by atoms with E-state index in [4.69, 9.17) is 4.74 Å². The molecule has 0 saturated carbocycles. The van der Waals surface area contributed by atoms with Crippen molar-refractivity contribution in [3.63, 3.8) is 0 Å². The molecular weight excluding hydrogens is 202 g/mol. The molecule has 0 unspecified atom stereocenters. The van der Waals surface area contributed by atoms with Crippen LogP contribution in [0.3, 0.4) is 0 Å². The molecule has 1 aromatic rings. The standard InChI is InChI=1S/C13H21NO2/c1-6-16-13(15)12(9(2)3)14-10(4)7-8-11(14)5/h7-9,12H,6H2,1-5H3/t12-/m1/s1. The van der Waals surface area contributed by atoms with Gasteiger partial charge in [-0.1, -0.05) is 13.8 Å². The number of esters is 1. The zero-order chi connectivity index (χ0) is 12.3. The lowest BCUT2D eigenvalue weighted by Gasteiger charge is -2.24. The fourth-order valence-electron chi connectivity index (χ4n) is 2.02. The topological polar surface area (TPSA) is 31.2 Å². The highest BCUT2D eigenvalue weighted by Gasteiger charge is 2.27. The van der Waals surface area contributed by atoms with Gasteiger partial charge in [0.25, 0.3) is 0 Å². The molecule has 0 aromatic carbocycles. The van der Waals surface area contributed by atoms with Crippen LogP contribution in [0.25, 0.3) is 0 Å². The van der Waals surface area contributed by atoms with Gasteiger partial charge in [-0.15, -0.1) is 0 Å². The van der Waals surface area contributed by atoms with Crippen LogP contribution in [0.15, 0.2) is 12.1 Å². The van der Waals surface area contributed by atoms with Gasteiger partial charge < -0.3 is 9.30 Å². The van der Waals surface area contributed by atoms with E-state index in [-0.39, 0.29) is 17.9 Å². The van der Waals surface area contributed by atoms with Gasteiger partial charge in [-0.05, 0) is 38.8 Å². The SMILES string of the molecule is CCOC(=O)[C@@H](C(C)C)n1c(C)ccc1C. The maximum atomic E-state index is 11.9. The first kappa shape index (κ1) is 12.8. The number of carbonyl (C=O) groups is 1. The van der Waals surface area contributed by atoms with Crippen molar-refractivity contribution in [1.29, 1.82) is 0 Å². The van der Waals surface area contributed by atoms with E-state index in [1.807, 2.05) is 46.8 Å². The molecule has 0 bridgehead atoms. The lowest BCUT2D eigenvalue weighted by molar-refractivity contribution is -0.148. The highest BCUT2D eigenvalue weighted by atomic mass is 16.5. The van der Waals surface area contributed by atoms with Crippen molar-refractivity contribution in [2.75, 3.05) is 6.61 Å². The lowest BCUT2D eigenvalue weighted by atomic mass is 10.0. The van der Waals surface area contributed by atoms with Crippen LogP contribution in [0.2, 0.25) is 0 Å². The van der Waals surface area contributed by atoms with Crippen molar-refractivity contribution in [1.82, 2.24) is 4.57 Å². The van der Waals surface area contributed by atoms with Crippen molar-refractivity contribution in [2.24, 2.45) is 5.92 Å². The molecule has 0 spiro atoms. The summed E-state index contributed by atoms with van der Waals surface area (Å²) in [5, 5.41) is 0. The van der Waals surface area contributed by atoms with Crippen LogP contribution in [0.5, 0.6) is 0 Å². The Labute approximate surface area is 97.4 Å². The van der Waals surface area contributed by atoms with Gasteiger partial charge >= 0.3 is 5.97 Å². The molecule has 0 aliphatic heterocycles. The maximum Gasteiger partial charge on any atom is 0.329 e. The van der Waals surface area contributed by atoms with Crippen LogP contribution in [-0.4, -0.2) is 17.1 Å². The van der Waals surface area contributed by atoms with E-state index in [0.717, 1.165) is 11.4 Å². The van der Waals surface area contributed by atoms with Crippen LogP contribution in [0, 0.1) is 19.8 Å². The number of carbonyl (C=O) groups excluding carboxylic acids is 1. The van der Waals surface area contributed by atoms with Crippen molar-refractivity contribution < 1.29 is 9.53 Å². The molecule has 90 valence electrons. The highest BCUT2D eigenvalue weighted by Crippen LogP contribution is 2.24.